The summed E-state index contributed by atoms with van der Waals surface area (Å²) in [5.41, 5.74) is 0. The molecule has 0 aromatic carbocycles. The molecular formula is H5N2Na2O8P. The fraction of sp³-hybridized carbons (Fsp3) is 0. The average Bonchev–Trinajstić information content (AvgIpc) is 1.57. The standard InChI is InChI=1S/H2NO6P.HNO2.2Na.2H/c2-1(3)7-8(4,5)6;2-1-3;;;;/h(H2,4,5,6);(H,2,3);;;;/q;;2*+1;2*-1. The second kappa shape index (κ2) is 12.8. The summed E-state index contributed by atoms with van der Waals surface area (Å²) in [7, 11) is -4.92. The SMILES string of the molecule is O=NO.O=[N+]([O-])OP(=O)(O)O.[H-].[H-].[Na+].[Na+]. The van der Waals surface area contributed by atoms with E-state index in [4.69, 9.17) is 30.0 Å². The van der Waals surface area contributed by atoms with Crippen LogP contribution in [0.15, 0.2) is 5.34 Å². The summed E-state index contributed by atoms with van der Waals surface area (Å²) >= 11 is 0. The molecular weight excluding hydrogens is 233 g/mol. The Morgan fingerprint density at radius 1 is 1.46 bits per heavy atom. The van der Waals surface area contributed by atoms with Crippen LogP contribution in [-0.4, -0.2) is 20.1 Å². The molecule has 0 aliphatic rings. The topological polar surface area (TPSA) is 160 Å². The van der Waals surface area contributed by atoms with Gasteiger partial charge in [-0.3, -0.25) is 0 Å². The molecule has 10 nitrogen and oxygen atoms in total. The van der Waals surface area contributed by atoms with Crippen LogP contribution in [0.5, 0.6) is 0 Å². The second-order valence-corrected chi connectivity index (χ2v) is 2.02. The van der Waals surface area contributed by atoms with Crippen LogP contribution in [0.4, 0.5) is 0 Å². The molecule has 0 amide bonds. The number of hydrogen-bond acceptors (Lipinski definition) is 6. The summed E-state index contributed by atoms with van der Waals surface area (Å²) in [5, 5.41) is 15.4. The molecule has 0 rings (SSSR count). The van der Waals surface area contributed by atoms with E-state index in [9.17, 15) is 4.57 Å². The van der Waals surface area contributed by atoms with Gasteiger partial charge in [-0.25, -0.2) is 4.57 Å². The molecule has 0 radical (unpaired) electrons. The number of hydrogen-bond donors (Lipinski definition) is 3. The zero-order valence-electron chi connectivity index (χ0n) is 8.72. The van der Waals surface area contributed by atoms with E-state index >= 15 is 0 Å². The fourth-order valence-electron chi connectivity index (χ4n) is 0.0868. The number of rotatable bonds is 2. The summed E-state index contributed by atoms with van der Waals surface area (Å²) in [5.74, 6) is 0. The van der Waals surface area contributed by atoms with Crippen molar-refractivity contribution in [3.63, 3.8) is 0 Å². The Morgan fingerprint density at radius 2 is 1.69 bits per heavy atom. The molecule has 0 atom stereocenters. The molecule has 0 saturated heterocycles. The van der Waals surface area contributed by atoms with Gasteiger partial charge in [-0.2, -0.15) is 4.62 Å². The maximum Gasteiger partial charge on any atom is 1.00 e. The molecule has 0 aliphatic carbocycles. The first-order valence-corrected chi connectivity index (χ1v) is 3.23. The number of phosphoric acid groups is 1. The largest absolute Gasteiger partial charge is 1.00 e. The van der Waals surface area contributed by atoms with Crippen molar-refractivity contribution in [3.05, 3.63) is 15.0 Å². The summed E-state index contributed by atoms with van der Waals surface area (Å²) in [6, 6.07) is 0. The van der Waals surface area contributed by atoms with Crippen molar-refractivity contribution in [2.24, 2.45) is 5.34 Å². The van der Waals surface area contributed by atoms with Crippen LogP contribution in [0.1, 0.15) is 2.85 Å². The molecule has 0 spiro atoms. The molecule has 0 aromatic rings. The van der Waals surface area contributed by atoms with E-state index in [0.29, 0.717) is 0 Å². The van der Waals surface area contributed by atoms with Crippen molar-refractivity contribution in [1.82, 2.24) is 0 Å². The smallest absolute Gasteiger partial charge is 1.00 e. The Balaban J connectivity index is -0.0000000262. The van der Waals surface area contributed by atoms with Crippen molar-refractivity contribution in [2.45, 2.75) is 0 Å². The molecule has 0 unspecified atom stereocenters. The van der Waals surface area contributed by atoms with E-state index in [0.717, 1.165) is 0 Å². The Labute approximate surface area is 118 Å². The Kier molecular flexibility index (Phi) is 23.1. The summed E-state index contributed by atoms with van der Waals surface area (Å²) in [6.07, 6.45) is 0. The minimum atomic E-state index is -4.92. The van der Waals surface area contributed by atoms with E-state index in [1.165, 1.54) is 5.34 Å². The first-order chi connectivity index (χ1) is 4.83. The zero-order valence-corrected chi connectivity index (χ0v) is 11.6. The van der Waals surface area contributed by atoms with Crippen molar-refractivity contribution < 1.29 is 91.2 Å². The predicted octanol–water partition coefficient (Wildman–Crippen LogP) is -6.34. The van der Waals surface area contributed by atoms with Gasteiger partial charge in [0.1, 0.15) is 0 Å². The van der Waals surface area contributed by atoms with Gasteiger partial charge in [-0.05, 0) is 0 Å². The minimum absolute atomic E-state index is 0. The Hall–Kier alpha value is 0.750. The number of nitrogens with zero attached hydrogens (tertiary/aromatic N) is 2. The van der Waals surface area contributed by atoms with Gasteiger partial charge < -0.3 is 17.8 Å². The van der Waals surface area contributed by atoms with Crippen LogP contribution >= 0.6 is 7.82 Å². The van der Waals surface area contributed by atoms with Crippen molar-refractivity contribution in [1.29, 1.82) is 0 Å². The Bertz CT molecular complexity index is 183. The molecule has 13 heteroatoms. The molecule has 0 aromatic heterocycles. The van der Waals surface area contributed by atoms with Gasteiger partial charge in [0.2, 0.25) is 0 Å². The average molecular weight is 238 g/mol. The van der Waals surface area contributed by atoms with E-state index in [1.54, 1.807) is 0 Å². The van der Waals surface area contributed by atoms with E-state index in [1.807, 2.05) is 0 Å². The van der Waals surface area contributed by atoms with Crippen molar-refractivity contribution in [2.75, 3.05) is 0 Å². The van der Waals surface area contributed by atoms with Crippen LogP contribution < -0.4 is 59.1 Å². The van der Waals surface area contributed by atoms with Crippen LogP contribution in [0.2, 0.25) is 0 Å². The van der Waals surface area contributed by atoms with Crippen molar-refractivity contribution in [3.8, 4) is 0 Å². The van der Waals surface area contributed by atoms with Crippen LogP contribution in [-0.2, 0) is 9.19 Å². The van der Waals surface area contributed by atoms with E-state index < -0.39 is 12.9 Å². The second-order valence-electron chi connectivity index (χ2n) is 0.877. The molecule has 0 aliphatic heterocycles. The monoisotopic (exact) mass is 238 g/mol. The van der Waals surface area contributed by atoms with E-state index in [-0.39, 0.29) is 62.0 Å². The summed E-state index contributed by atoms with van der Waals surface area (Å²) in [4.78, 5) is 32.5. The zero-order chi connectivity index (χ0) is 9.49. The van der Waals surface area contributed by atoms with Gasteiger partial charge in [0.15, 0.2) is 5.34 Å². The van der Waals surface area contributed by atoms with Crippen LogP contribution in [0.3, 0.4) is 0 Å². The van der Waals surface area contributed by atoms with Gasteiger partial charge in [-0.1, -0.05) is 0 Å². The van der Waals surface area contributed by atoms with Gasteiger partial charge >= 0.3 is 72.0 Å². The maximum absolute atomic E-state index is 9.47. The van der Waals surface area contributed by atoms with Crippen LogP contribution in [0, 0.1) is 15.0 Å². The summed E-state index contributed by atoms with van der Waals surface area (Å²) < 4.78 is 12.3. The molecule has 3 N–H and O–H groups in total. The maximum atomic E-state index is 9.47. The third-order valence-corrected chi connectivity index (χ3v) is 0.519. The van der Waals surface area contributed by atoms with Crippen molar-refractivity contribution >= 4 is 7.82 Å². The van der Waals surface area contributed by atoms with Crippen LogP contribution in [0.25, 0.3) is 0 Å². The van der Waals surface area contributed by atoms with Gasteiger partial charge in [0, 0.05) is 0 Å². The summed E-state index contributed by atoms with van der Waals surface area (Å²) in [6.45, 7) is 0. The van der Waals surface area contributed by atoms with Gasteiger partial charge in [0.05, 0.1) is 0 Å². The molecule has 0 bridgehead atoms. The fourth-order valence-corrected chi connectivity index (χ4v) is 0.261. The quantitative estimate of drug-likeness (QED) is 0.141. The van der Waals surface area contributed by atoms with E-state index in [2.05, 4.69) is 4.62 Å². The minimum Gasteiger partial charge on any atom is -1.00 e. The third kappa shape index (κ3) is 44.6. The first-order valence-electron chi connectivity index (χ1n) is 1.70. The molecule has 0 fully saturated rings. The first kappa shape index (κ1) is 23.5. The normalized spacial score (nSPS) is 7.54. The van der Waals surface area contributed by atoms with Gasteiger partial charge in [0.25, 0.3) is 0 Å². The molecule has 0 heterocycles. The molecule has 0 saturated carbocycles. The molecule has 13 heavy (non-hydrogen) atoms. The van der Waals surface area contributed by atoms with Gasteiger partial charge in [-0.15, -0.1) is 15.0 Å². The third-order valence-electron chi connectivity index (χ3n) is 0.173. The predicted molar refractivity (Wildman–Crippen MR) is 29.9 cm³/mol. The Morgan fingerprint density at radius 3 is 1.69 bits per heavy atom. The molecule has 70 valence electrons.